The van der Waals surface area contributed by atoms with Crippen molar-refractivity contribution in [3.63, 3.8) is 0 Å². The number of phenolic OH excluding ortho intramolecular Hbond substituents is 1. The van der Waals surface area contributed by atoms with E-state index in [9.17, 15) is 23.9 Å². The number of hydrogen-bond acceptors (Lipinski definition) is 5. The lowest BCUT2D eigenvalue weighted by atomic mass is 10.0. The second-order valence-corrected chi connectivity index (χ2v) is 8.99. The molecule has 8 nitrogen and oxygen atoms in total. The molecule has 2 aromatic carbocycles. The molecule has 0 aliphatic heterocycles. The van der Waals surface area contributed by atoms with Crippen molar-refractivity contribution in [3.05, 3.63) is 65.5 Å². The molecule has 0 saturated carbocycles. The lowest BCUT2D eigenvalue weighted by Gasteiger charge is -2.26. The van der Waals surface area contributed by atoms with E-state index in [1.165, 1.54) is 36.2 Å². The first-order valence-corrected chi connectivity index (χ1v) is 11.0. The molecule has 0 spiro atoms. The molecule has 34 heavy (non-hydrogen) atoms. The summed E-state index contributed by atoms with van der Waals surface area (Å²) in [5.74, 6) is -1.08. The smallest absolute Gasteiger partial charge is 0.408 e. The number of carbonyl (C=O) groups excluding carboxylic acids is 3. The molecule has 0 heterocycles. The van der Waals surface area contributed by atoms with E-state index in [4.69, 9.17) is 4.74 Å². The summed E-state index contributed by atoms with van der Waals surface area (Å²) in [6.07, 6.45) is -0.0953. The molecule has 0 unspecified atom stereocenters. The van der Waals surface area contributed by atoms with Crippen molar-refractivity contribution in [2.45, 2.75) is 45.3 Å². The number of nitrogens with one attached hydrogen (secondary N) is 2. The molecular formula is C25H32FN3O5. The Morgan fingerprint density at radius 2 is 1.62 bits per heavy atom. The van der Waals surface area contributed by atoms with Crippen molar-refractivity contribution in [1.82, 2.24) is 15.5 Å². The van der Waals surface area contributed by atoms with Gasteiger partial charge in [-0.1, -0.05) is 24.3 Å². The minimum atomic E-state index is -1.00. The van der Waals surface area contributed by atoms with Crippen molar-refractivity contribution < 1.29 is 28.6 Å². The van der Waals surface area contributed by atoms with Gasteiger partial charge in [0.25, 0.3) is 0 Å². The van der Waals surface area contributed by atoms with Gasteiger partial charge in [0, 0.05) is 20.0 Å². The number of benzene rings is 2. The predicted octanol–water partition coefficient (Wildman–Crippen LogP) is 2.78. The first kappa shape index (κ1) is 26.6. The Kier molecular flexibility index (Phi) is 9.41. The van der Waals surface area contributed by atoms with Crippen LogP contribution in [-0.4, -0.2) is 59.7 Å². The maximum atomic E-state index is 13.3. The zero-order valence-corrected chi connectivity index (χ0v) is 19.9. The molecule has 1 atom stereocenters. The van der Waals surface area contributed by atoms with Gasteiger partial charge in [0.2, 0.25) is 11.8 Å². The molecule has 0 aliphatic carbocycles. The van der Waals surface area contributed by atoms with Crippen LogP contribution in [0, 0.1) is 5.82 Å². The van der Waals surface area contributed by atoms with Crippen molar-refractivity contribution in [2.24, 2.45) is 0 Å². The number of nitrogens with zero attached hydrogens (tertiary/aromatic N) is 1. The van der Waals surface area contributed by atoms with Crippen LogP contribution in [0.3, 0.4) is 0 Å². The molecule has 9 heteroatoms. The van der Waals surface area contributed by atoms with E-state index in [0.717, 1.165) is 5.56 Å². The molecule has 0 aliphatic rings. The number of rotatable bonds is 9. The second-order valence-electron chi connectivity index (χ2n) is 8.99. The van der Waals surface area contributed by atoms with Crippen LogP contribution < -0.4 is 10.6 Å². The van der Waals surface area contributed by atoms with Crippen molar-refractivity contribution in [1.29, 1.82) is 0 Å². The van der Waals surface area contributed by atoms with E-state index in [-0.39, 0.29) is 24.6 Å². The van der Waals surface area contributed by atoms with Gasteiger partial charge < -0.3 is 25.4 Å². The summed E-state index contributed by atoms with van der Waals surface area (Å²) >= 11 is 0. The first-order chi connectivity index (χ1) is 15.9. The van der Waals surface area contributed by atoms with E-state index in [1.807, 2.05) is 0 Å². The van der Waals surface area contributed by atoms with Crippen LogP contribution in [0.2, 0.25) is 0 Å². The van der Waals surface area contributed by atoms with E-state index in [1.54, 1.807) is 45.0 Å². The van der Waals surface area contributed by atoms with Crippen LogP contribution in [0.25, 0.3) is 0 Å². The number of halogens is 1. The Morgan fingerprint density at radius 1 is 1.03 bits per heavy atom. The molecule has 3 amide bonds. The first-order valence-electron chi connectivity index (χ1n) is 11.0. The summed E-state index contributed by atoms with van der Waals surface area (Å²) < 4.78 is 18.5. The van der Waals surface area contributed by atoms with Gasteiger partial charge in [-0.25, -0.2) is 9.18 Å². The zero-order chi connectivity index (χ0) is 25.3. The van der Waals surface area contributed by atoms with Crippen LogP contribution in [0.5, 0.6) is 5.75 Å². The normalized spacial score (nSPS) is 11.9. The van der Waals surface area contributed by atoms with Gasteiger partial charge in [0.05, 0.1) is 6.54 Å². The number of aromatic hydroxyl groups is 1. The third-order valence-corrected chi connectivity index (χ3v) is 4.77. The molecule has 0 bridgehead atoms. The number of hydrogen-bond donors (Lipinski definition) is 3. The molecule has 0 aromatic heterocycles. The van der Waals surface area contributed by atoms with Gasteiger partial charge in [0.1, 0.15) is 23.2 Å². The second kappa shape index (κ2) is 12.0. The van der Waals surface area contributed by atoms with Crippen LogP contribution >= 0.6 is 0 Å². The number of ether oxygens (including phenoxy) is 1. The highest BCUT2D eigenvalue weighted by atomic mass is 19.1. The SMILES string of the molecule is CN(CC(=O)NCCc1ccc(O)cc1)C(=O)[C@@H](Cc1ccc(F)cc1)NC(=O)OC(C)(C)C. The molecular weight excluding hydrogens is 441 g/mol. The molecule has 2 rings (SSSR count). The van der Waals surface area contributed by atoms with E-state index >= 15 is 0 Å². The number of phenols is 1. The maximum Gasteiger partial charge on any atom is 0.408 e. The number of amides is 3. The van der Waals surface area contributed by atoms with E-state index in [0.29, 0.717) is 18.5 Å². The van der Waals surface area contributed by atoms with Crippen molar-refractivity contribution in [3.8, 4) is 5.75 Å². The molecule has 0 saturated heterocycles. The van der Waals surface area contributed by atoms with Crippen LogP contribution in [0.4, 0.5) is 9.18 Å². The average molecular weight is 474 g/mol. The minimum Gasteiger partial charge on any atom is -0.508 e. The summed E-state index contributed by atoms with van der Waals surface area (Å²) in [5, 5.41) is 14.6. The fraction of sp³-hybridized carbons (Fsp3) is 0.400. The van der Waals surface area contributed by atoms with Gasteiger partial charge in [-0.15, -0.1) is 0 Å². The van der Waals surface area contributed by atoms with Crippen LogP contribution in [0.15, 0.2) is 48.5 Å². The highest BCUT2D eigenvalue weighted by molar-refractivity contribution is 5.89. The summed E-state index contributed by atoms with van der Waals surface area (Å²) in [7, 11) is 1.47. The number of carbonyl (C=O) groups is 3. The Labute approximate surface area is 199 Å². The summed E-state index contributed by atoms with van der Waals surface area (Å²) in [5.41, 5.74) is 0.836. The highest BCUT2D eigenvalue weighted by Gasteiger charge is 2.27. The fourth-order valence-corrected chi connectivity index (χ4v) is 3.13. The van der Waals surface area contributed by atoms with Crippen molar-refractivity contribution >= 4 is 17.9 Å². The Bertz CT molecular complexity index is 972. The number of alkyl carbamates (subject to hydrolysis) is 1. The Morgan fingerprint density at radius 3 is 2.21 bits per heavy atom. The van der Waals surface area contributed by atoms with Gasteiger partial charge in [-0.2, -0.15) is 0 Å². The molecule has 0 fully saturated rings. The highest BCUT2D eigenvalue weighted by Crippen LogP contribution is 2.11. The maximum absolute atomic E-state index is 13.3. The van der Waals surface area contributed by atoms with Crippen molar-refractivity contribution in [2.75, 3.05) is 20.1 Å². The largest absolute Gasteiger partial charge is 0.508 e. The average Bonchev–Trinajstić information content (AvgIpc) is 2.74. The minimum absolute atomic E-state index is 0.102. The van der Waals surface area contributed by atoms with Crippen LogP contribution in [0.1, 0.15) is 31.9 Å². The quantitative estimate of drug-likeness (QED) is 0.519. The van der Waals surface area contributed by atoms with Crippen LogP contribution in [-0.2, 0) is 27.2 Å². The molecule has 184 valence electrons. The third-order valence-electron chi connectivity index (χ3n) is 4.77. The Hall–Kier alpha value is -3.62. The fourth-order valence-electron chi connectivity index (χ4n) is 3.13. The standard InChI is InChI=1S/C25H32FN3O5/c1-25(2,3)34-24(33)28-21(15-18-5-9-19(26)10-6-18)23(32)29(4)16-22(31)27-14-13-17-7-11-20(30)12-8-17/h5-12,21,30H,13-16H2,1-4H3,(H,27,31)(H,28,33)/t21-/m1/s1. The summed E-state index contributed by atoms with van der Waals surface area (Å²) in [4.78, 5) is 38.9. The lowest BCUT2D eigenvalue weighted by Crippen LogP contribution is -2.51. The molecule has 2 aromatic rings. The topological polar surface area (TPSA) is 108 Å². The van der Waals surface area contributed by atoms with E-state index in [2.05, 4.69) is 10.6 Å². The van der Waals surface area contributed by atoms with Gasteiger partial charge in [0.15, 0.2) is 0 Å². The predicted molar refractivity (Wildman–Crippen MR) is 126 cm³/mol. The zero-order valence-electron chi connectivity index (χ0n) is 19.9. The van der Waals surface area contributed by atoms with E-state index < -0.39 is 29.5 Å². The molecule has 0 radical (unpaired) electrons. The molecule has 3 N–H and O–H groups in total. The van der Waals surface area contributed by atoms with Gasteiger partial charge in [-0.05, 0) is 62.6 Å². The number of likely N-dealkylation sites (N-methyl/N-ethyl adjacent to an activating group) is 1. The monoisotopic (exact) mass is 473 g/mol. The Balaban J connectivity index is 1.97. The summed E-state index contributed by atoms with van der Waals surface area (Å²) in [6, 6.07) is 11.3. The van der Waals surface area contributed by atoms with Gasteiger partial charge >= 0.3 is 6.09 Å². The third kappa shape index (κ3) is 9.48. The lowest BCUT2D eigenvalue weighted by molar-refractivity contribution is -0.136. The summed E-state index contributed by atoms with van der Waals surface area (Å²) in [6.45, 7) is 5.28. The van der Waals surface area contributed by atoms with Gasteiger partial charge in [-0.3, -0.25) is 9.59 Å².